The molecule has 134 valence electrons. The lowest BCUT2D eigenvalue weighted by Gasteiger charge is -2.54. The summed E-state index contributed by atoms with van der Waals surface area (Å²) < 4.78 is 5.58. The molecule has 0 bridgehead atoms. The molecule has 0 amide bonds. The lowest BCUT2D eigenvalue weighted by atomic mass is 9.50. The average molecular weight is 345 g/mol. The summed E-state index contributed by atoms with van der Waals surface area (Å²) >= 11 is 0. The number of ether oxygens (including phenoxy) is 1. The van der Waals surface area contributed by atoms with Crippen LogP contribution in [0.15, 0.2) is 42.5 Å². The third-order valence-electron chi connectivity index (χ3n) is 7.28. The van der Waals surface area contributed by atoms with Gasteiger partial charge >= 0.3 is 0 Å². The molecule has 0 spiro atoms. The Balaban J connectivity index is 1.78. The maximum Gasteiger partial charge on any atom is 0.119 e. The van der Waals surface area contributed by atoms with Gasteiger partial charge in [0.15, 0.2) is 0 Å². The summed E-state index contributed by atoms with van der Waals surface area (Å²) in [4.78, 5) is 3.78. The third kappa shape index (κ3) is 1.93. The van der Waals surface area contributed by atoms with Crippen molar-refractivity contribution in [2.75, 3.05) is 7.11 Å². The van der Waals surface area contributed by atoms with Crippen LogP contribution < -0.4 is 4.74 Å². The van der Waals surface area contributed by atoms with Crippen molar-refractivity contribution in [1.82, 2.24) is 4.98 Å². The van der Waals surface area contributed by atoms with Gasteiger partial charge in [0.05, 0.1) is 7.11 Å². The Morgan fingerprint density at radius 1 is 1.08 bits per heavy atom. The van der Waals surface area contributed by atoms with Gasteiger partial charge in [0.2, 0.25) is 0 Å². The molecule has 0 unspecified atom stereocenters. The normalized spacial score (nSPS) is 26.1. The second-order valence-electron chi connectivity index (χ2n) is 8.95. The number of fused-ring (bicyclic) bond motifs is 6. The second kappa shape index (κ2) is 5.16. The van der Waals surface area contributed by atoms with Crippen LogP contribution in [0.3, 0.4) is 0 Å². The van der Waals surface area contributed by atoms with E-state index in [4.69, 9.17) is 4.74 Å². The Bertz CT molecular complexity index is 1010. The summed E-state index contributed by atoms with van der Waals surface area (Å²) in [5.74, 6) is 1.60. The third-order valence-corrected chi connectivity index (χ3v) is 7.28. The van der Waals surface area contributed by atoms with Crippen LogP contribution >= 0.6 is 0 Å². The van der Waals surface area contributed by atoms with E-state index in [1.807, 2.05) is 0 Å². The largest absolute Gasteiger partial charge is 0.497 e. The Labute approximate surface area is 155 Å². The van der Waals surface area contributed by atoms with E-state index >= 15 is 0 Å². The first kappa shape index (κ1) is 16.0. The summed E-state index contributed by atoms with van der Waals surface area (Å²) in [7, 11) is 1.77. The van der Waals surface area contributed by atoms with Gasteiger partial charge in [-0.3, -0.25) is 0 Å². The zero-order valence-corrected chi connectivity index (χ0v) is 16.1. The highest BCUT2D eigenvalue weighted by Gasteiger charge is 2.53. The lowest BCUT2D eigenvalue weighted by Crippen LogP contribution is -2.51. The van der Waals surface area contributed by atoms with Crippen LogP contribution in [0.1, 0.15) is 49.6 Å². The van der Waals surface area contributed by atoms with E-state index in [9.17, 15) is 0 Å². The van der Waals surface area contributed by atoms with E-state index < -0.39 is 0 Å². The van der Waals surface area contributed by atoms with Gasteiger partial charge in [-0.1, -0.05) is 45.0 Å². The van der Waals surface area contributed by atoms with Crippen molar-refractivity contribution >= 4 is 10.9 Å². The predicted octanol–water partition coefficient (Wildman–Crippen LogP) is 5.53. The molecule has 2 nitrogen and oxygen atoms in total. The van der Waals surface area contributed by atoms with Gasteiger partial charge < -0.3 is 9.72 Å². The van der Waals surface area contributed by atoms with Gasteiger partial charge in [-0.15, -0.1) is 0 Å². The molecule has 3 aromatic rings. The Morgan fingerprint density at radius 2 is 1.88 bits per heavy atom. The molecule has 2 atom stereocenters. The average Bonchev–Trinajstić information content (AvgIpc) is 3.01. The number of nitrogens with one attached hydrogen (secondary N) is 1. The van der Waals surface area contributed by atoms with Crippen LogP contribution in [0, 0.1) is 5.92 Å². The molecule has 2 aromatic carbocycles. The molecule has 0 fully saturated rings. The van der Waals surface area contributed by atoms with E-state index in [1.165, 1.54) is 46.1 Å². The van der Waals surface area contributed by atoms with Gasteiger partial charge in [0.25, 0.3) is 0 Å². The van der Waals surface area contributed by atoms with Crippen LogP contribution in [0.2, 0.25) is 0 Å². The predicted molar refractivity (Wildman–Crippen MR) is 107 cm³/mol. The van der Waals surface area contributed by atoms with E-state index in [0.717, 1.165) is 12.2 Å². The molecule has 0 aliphatic heterocycles. The zero-order chi connectivity index (χ0) is 18.1. The van der Waals surface area contributed by atoms with Crippen molar-refractivity contribution in [2.24, 2.45) is 5.92 Å². The summed E-state index contributed by atoms with van der Waals surface area (Å²) in [5, 5.41) is 1.39. The first-order valence-corrected chi connectivity index (χ1v) is 9.72. The minimum Gasteiger partial charge on any atom is -0.497 e. The Kier molecular flexibility index (Phi) is 3.17. The highest BCUT2D eigenvalue weighted by molar-refractivity contribution is 5.85. The minimum absolute atomic E-state index is 0.127. The maximum atomic E-state index is 5.58. The highest BCUT2D eigenvalue weighted by Crippen LogP contribution is 2.57. The van der Waals surface area contributed by atoms with Gasteiger partial charge in [-0.2, -0.15) is 0 Å². The Hall–Kier alpha value is -2.22. The first-order valence-electron chi connectivity index (χ1n) is 9.72. The van der Waals surface area contributed by atoms with Crippen molar-refractivity contribution in [2.45, 2.75) is 50.9 Å². The van der Waals surface area contributed by atoms with Crippen LogP contribution in [-0.4, -0.2) is 12.1 Å². The number of methoxy groups -OCH3 is 1. The molecule has 1 aromatic heterocycles. The van der Waals surface area contributed by atoms with E-state index in [1.54, 1.807) is 7.11 Å². The van der Waals surface area contributed by atoms with Gasteiger partial charge in [-0.25, -0.2) is 0 Å². The van der Waals surface area contributed by atoms with Crippen molar-refractivity contribution in [3.8, 4) is 5.75 Å². The van der Waals surface area contributed by atoms with Crippen LogP contribution in [0.5, 0.6) is 5.75 Å². The molecule has 0 saturated carbocycles. The monoisotopic (exact) mass is 345 g/mol. The zero-order valence-electron chi connectivity index (χ0n) is 16.1. The molecule has 5 rings (SSSR count). The van der Waals surface area contributed by atoms with E-state index in [-0.39, 0.29) is 10.8 Å². The fraction of sp³-hybridized carbons (Fsp3) is 0.417. The number of benzene rings is 2. The van der Waals surface area contributed by atoms with Crippen molar-refractivity contribution in [3.63, 3.8) is 0 Å². The van der Waals surface area contributed by atoms with Gasteiger partial charge in [0, 0.05) is 27.4 Å². The number of rotatable bonds is 1. The number of aryl methyl sites for hydroxylation is 1. The topological polar surface area (TPSA) is 25.0 Å². The van der Waals surface area contributed by atoms with Crippen molar-refractivity contribution < 1.29 is 4.74 Å². The van der Waals surface area contributed by atoms with Crippen LogP contribution in [0.4, 0.5) is 0 Å². The molecule has 0 saturated heterocycles. The minimum atomic E-state index is 0.127. The molecular weight excluding hydrogens is 318 g/mol. The standard InChI is InChI=1S/C24H27NO/c1-23(2)21-12-10-15-9-11-16(26-4)13-19(15)24(21,3)14-18-17-7-5-6-8-20(17)25-22(18)23/h5-9,11,13,21,25H,10,12,14H2,1-4H3/t21-,24+/m0/s1. The highest BCUT2D eigenvalue weighted by atomic mass is 16.5. The number of hydrogen-bond acceptors (Lipinski definition) is 1. The maximum absolute atomic E-state index is 5.58. The number of aromatic amines is 1. The van der Waals surface area contributed by atoms with E-state index in [0.29, 0.717) is 5.92 Å². The summed E-state index contributed by atoms with van der Waals surface area (Å²) in [6, 6.07) is 15.5. The lowest BCUT2D eigenvalue weighted by molar-refractivity contribution is 0.137. The van der Waals surface area contributed by atoms with Gasteiger partial charge in [-0.05, 0) is 60.1 Å². The molecule has 2 aliphatic carbocycles. The number of para-hydroxylation sites is 1. The molecule has 2 aliphatic rings. The van der Waals surface area contributed by atoms with Crippen molar-refractivity contribution in [3.05, 3.63) is 64.8 Å². The summed E-state index contributed by atoms with van der Waals surface area (Å²) in [6.45, 7) is 7.37. The number of aromatic nitrogens is 1. The molecule has 26 heavy (non-hydrogen) atoms. The van der Waals surface area contributed by atoms with Crippen molar-refractivity contribution in [1.29, 1.82) is 0 Å². The SMILES string of the molecule is COc1ccc2c(c1)[C@@]1(C)Cc3c([nH]c4ccccc34)C(C)(C)[C@@H]1CC2. The Morgan fingerprint density at radius 3 is 2.69 bits per heavy atom. The molecular formula is C24H27NO. The number of H-pyrrole nitrogens is 1. The fourth-order valence-corrected chi connectivity index (χ4v) is 6.09. The quantitative estimate of drug-likeness (QED) is 0.616. The summed E-state index contributed by atoms with van der Waals surface area (Å²) in [5.41, 5.74) is 7.51. The summed E-state index contributed by atoms with van der Waals surface area (Å²) in [6.07, 6.45) is 3.51. The van der Waals surface area contributed by atoms with Crippen LogP contribution in [-0.2, 0) is 23.7 Å². The molecule has 2 heteroatoms. The second-order valence-corrected chi connectivity index (χ2v) is 8.95. The fourth-order valence-electron chi connectivity index (χ4n) is 6.09. The van der Waals surface area contributed by atoms with Gasteiger partial charge in [0.1, 0.15) is 5.75 Å². The van der Waals surface area contributed by atoms with Crippen LogP contribution in [0.25, 0.3) is 10.9 Å². The molecule has 1 heterocycles. The number of hydrogen-bond donors (Lipinski definition) is 1. The molecule has 0 radical (unpaired) electrons. The first-order chi connectivity index (χ1) is 12.4. The van der Waals surface area contributed by atoms with E-state index in [2.05, 4.69) is 68.2 Å². The molecule has 1 N–H and O–H groups in total. The smallest absolute Gasteiger partial charge is 0.119 e.